The number of primary amides is 1. The lowest BCUT2D eigenvalue weighted by Crippen LogP contribution is -2.39. The van der Waals surface area contributed by atoms with Gasteiger partial charge >= 0.3 is 6.18 Å². The van der Waals surface area contributed by atoms with Crippen molar-refractivity contribution in [3.8, 4) is 11.1 Å². The number of benzene rings is 2. The maximum atomic E-state index is 14.2. The van der Waals surface area contributed by atoms with Gasteiger partial charge in [-0.25, -0.2) is 13.2 Å². The van der Waals surface area contributed by atoms with Gasteiger partial charge in [0.2, 0.25) is 5.91 Å². The van der Waals surface area contributed by atoms with Crippen LogP contribution in [0.1, 0.15) is 53.2 Å². The van der Waals surface area contributed by atoms with Crippen LogP contribution in [0, 0.1) is 23.4 Å². The predicted octanol–water partition coefficient (Wildman–Crippen LogP) is 5.78. The van der Waals surface area contributed by atoms with E-state index in [1.807, 2.05) is 0 Å². The number of aromatic nitrogens is 3. The van der Waals surface area contributed by atoms with E-state index in [0.29, 0.717) is 17.2 Å². The molecule has 0 saturated carbocycles. The van der Waals surface area contributed by atoms with Gasteiger partial charge in [-0.15, -0.1) is 0 Å². The standard InChI is InChI=1S/C29H25F6N5O2/c1-15(2)26(40-9-7-24(39-40)29(33,34)35)28(42)38-23(12-16-10-18(30)14-19(31)11-16)25-20(4-3-8-37-25)17-5-6-22(32)21(13-17)27(36)41/h3-11,13-15,23,26H,12H2,1-2H3,(H2,36,41)(H,38,42)/t23?,26-/m1/s1. The lowest BCUT2D eigenvalue weighted by Gasteiger charge is -2.26. The zero-order valence-corrected chi connectivity index (χ0v) is 22.3. The molecule has 1 unspecified atom stereocenters. The lowest BCUT2D eigenvalue weighted by atomic mass is 9.93. The fourth-order valence-electron chi connectivity index (χ4n) is 4.63. The summed E-state index contributed by atoms with van der Waals surface area (Å²) in [7, 11) is 0. The average Bonchev–Trinajstić information content (AvgIpc) is 3.38. The molecule has 42 heavy (non-hydrogen) atoms. The summed E-state index contributed by atoms with van der Waals surface area (Å²) in [6, 6.07) is 8.00. The SMILES string of the molecule is CC(C)[C@H](C(=O)NC(Cc1cc(F)cc(F)c1)c1ncccc1-c1ccc(F)c(C(N)=O)c1)n1ccc(C(F)(F)F)n1. The van der Waals surface area contributed by atoms with E-state index in [4.69, 9.17) is 5.73 Å². The number of carbonyl (C=O) groups excluding carboxylic acids is 2. The van der Waals surface area contributed by atoms with Crippen LogP contribution in [-0.2, 0) is 17.4 Å². The number of halogens is 6. The average molecular weight is 590 g/mol. The van der Waals surface area contributed by atoms with Crippen LogP contribution in [0.15, 0.2) is 67.0 Å². The first kappa shape index (κ1) is 30.3. The summed E-state index contributed by atoms with van der Waals surface area (Å²) in [6.07, 6.45) is -2.48. The third kappa shape index (κ3) is 6.78. The molecule has 2 aromatic carbocycles. The van der Waals surface area contributed by atoms with Crippen LogP contribution in [-0.4, -0.2) is 26.6 Å². The Balaban J connectivity index is 1.79. The monoisotopic (exact) mass is 589 g/mol. The van der Waals surface area contributed by atoms with Crippen molar-refractivity contribution in [3.63, 3.8) is 0 Å². The Morgan fingerprint density at radius 1 is 1.00 bits per heavy atom. The van der Waals surface area contributed by atoms with Gasteiger partial charge in [-0.1, -0.05) is 26.0 Å². The van der Waals surface area contributed by atoms with E-state index in [1.165, 1.54) is 18.3 Å². The van der Waals surface area contributed by atoms with E-state index < -0.39 is 64.7 Å². The number of nitrogens with one attached hydrogen (secondary N) is 1. The minimum absolute atomic E-state index is 0.144. The summed E-state index contributed by atoms with van der Waals surface area (Å²) in [5.41, 5.74) is 4.69. The van der Waals surface area contributed by atoms with Crippen LogP contribution in [0.2, 0.25) is 0 Å². The first-order valence-corrected chi connectivity index (χ1v) is 12.7. The Morgan fingerprint density at radius 2 is 1.69 bits per heavy atom. The number of hydrogen-bond acceptors (Lipinski definition) is 4. The number of amides is 2. The molecule has 4 rings (SSSR count). The Labute approximate surface area is 236 Å². The molecule has 0 fully saturated rings. The van der Waals surface area contributed by atoms with E-state index >= 15 is 0 Å². The smallest absolute Gasteiger partial charge is 0.366 e. The molecule has 7 nitrogen and oxygen atoms in total. The highest BCUT2D eigenvalue weighted by Gasteiger charge is 2.36. The maximum absolute atomic E-state index is 14.2. The van der Waals surface area contributed by atoms with Gasteiger partial charge in [0.15, 0.2) is 5.69 Å². The highest BCUT2D eigenvalue weighted by molar-refractivity contribution is 5.94. The predicted molar refractivity (Wildman–Crippen MR) is 140 cm³/mol. The second kappa shape index (κ2) is 12.0. The number of nitrogens with zero attached hydrogens (tertiary/aromatic N) is 3. The molecule has 0 saturated heterocycles. The van der Waals surface area contributed by atoms with Crippen LogP contribution < -0.4 is 11.1 Å². The summed E-state index contributed by atoms with van der Waals surface area (Å²) in [4.78, 5) is 29.8. The molecule has 3 N–H and O–H groups in total. The topological polar surface area (TPSA) is 103 Å². The van der Waals surface area contributed by atoms with Crippen molar-refractivity contribution in [2.24, 2.45) is 11.7 Å². The van der Waals surface area contributed by atoms with Crippen molar-refractivity contribution in [2.45, 2.75) is 38.5 Å². The summed E-state index contributed by atoms with van der Waals surface area (Å²) in [5.74, 6) is -4.87. The normalized spacial score (nSPS) is 13.2. The quantitative estimate of drug-likeness (QED) is 0.242. The molecule has 220 valence electrons. The molecule has 2 atom stereocenters. The van der Waals surface area contributed by atoms with E-state index in [2.05, 4.69) is 15.4 Å². The molecular formula is C29H25F6N5O2. The lowest BCUT2D eigenvalue weighted by molar-refractivity contribution is -0.142. The maximum Gasteiger partial charge on any atom is 0.435 e. The molecule has 4 aromatic rings. The van der Waals surface area contributed by atoms with Crippen molar-refractivity contribution in [2.75, 3.05) is 0 Å². The van der Waals surface area contributed by atoms with E-state index in [-0.39, 0.29) is 17.7 Å². The molecular weight excluding hydrogens is 564 g/mol. The molecule has 2 amide bonds. The Kier molecular flexibility index (Phi) is 8.69. The first-order chi connectivity index (χ1) is 19.7. The molecule has 0 aliphatic rings. The summed E-state index contributed by atoms with van der Waals surface area (Å²) in [6.45, 7) is 3.23. The second-order valence-corrected chi connectivity index (χ2v) is 9.91. The molecule has 0 radical (unpaired) electrons. The van der Waals surface area contributed by atoms with E-state index in [0.717, 1.165) is 35.1 Å². The third-order valence-corrected chi connectivity index (χ3v) is 6.47. The minimum atomic E-state index is -4.73. The number of alkyl halides is 3. The van der Waals surface area contributed by atoms with E-state index in [9.17, 15) is 35.9 Å². The van der Waals surface area contributed by atoms with Crippen LogP contribution in [0.5, 0.6) is 0 Å². The van der Waals surface area contributed by atoms with Gasteiger partial charge in [-0.2, -0.15) is 18.3 Å². The van der Waals surface area contributed by atoms with Gasteiger partial charge in [0, 0.05) is 24.0 Å². The highest BCUT2D eigenvalue weighted by atomic mass is 19.4. The second-order valence-electron chi connectivity index (χ2n) is 9.91. The Bertz CT molecular complexity index is 1600. The van der Waals surface area contributed by atoms with Gasteiger partial charge in [0.25, 0.3) is 5.91 Å². The van der Waals surface area contributed by atoms with Crippen LogP contribution in [0.3, 0.4) is 0 Å². The van der Waals surface area contributed by atoms with Gasteiger partial charge in [0.05, 0.1) is 17.3 Å². The zero-order valence-electron chi connectivity index (χ0n) is 22.3. The van der Waals surface area contributed by atoms with E-state index in [1.54, 1.807) is 26.0 Å². The van der Waals surface area contributed by atoms with Crippen molar-refractivity contribution >= 4 is 11.8 Å². The number of rotatable bonds is 9. The molecule has 0 spiro atoms. The van der Waals surface area contributed by atoms with Gasteiger partial charge in [-0.05, 0) is 59.9 Å². The van der Waals surface area contributed by atoms with Crippen molar-refractivity contribution in [1.29, 1.82) is 0 Å². The van der Waals surface area contributed by atoms with Crippen LogP contribution >= 0.6 is 0 Å². The molecule has 0 aliphatic heterocycles. The van der Waals surface area contributed by atoms with Crippen molar-refractivity contribution in [3.05, 3.63) is 107 Å². The number of carbonyl (C=O) groups is 2. The van der Waals surface area contributed by atoms with Gasteiger partial charge < -0.3 is 11.1 Å². The Hall–Kier alpha value is -4.68. The molecule has 2 aromatic heterocycles. The summed E-state index contributed by atoms with van der Waals surface area (Å²) in [5, 5.41) is 6.30. The van der Waals surface area contributed by atoms with Crippen molar-refractivity contribution < 1.29 is 35.9 Å². The fraction of sp³-hybridized carbons (Fsp3) is 0.241. The van der Waals surface area contributed by atoms with Crippen LogP contribution in [0.25, 0.3) is 11.1 Å². The van der Waals surface area contributed by atoms with Crippen molar-refractivity contribution in [1.82, 2.24) is 20.1 Å². The molecule has 2 heterocycles. The molecule has 0 bridgehead atoms. The molecule has 0 aliphatic carbocycles. The summed E-state index contributed by atoms with van der Waals surface area (Å²) >= 11 is 0. The number of pyridine rings is 1. The highest BCUT2D eigenvalue weighted by Crippen LogP contribution is 2.32. The van der Waals surface area contributed by atoms with Gasteiger partial charge in [-0.3, -0.25) is 19.3 Å². The Morgan fingerprint density at radius 3 is 2.29 bits per heavy atom. The minimum Gasteiger partial charge on any atom is -0.366 e. The third-order valence-electron chi connectivity index (χ3n) is 6.47. The number of hydrogen-bond donors (Lipinski definition) is 2. The fourth-order valence-corrected chi connectivity index (χ4v) is 4.63. The number of nitrogens with two attached hydrogens (primary N) is 1. The largest absolute Gasteiger partial charge is 0.435 e. The zero-order chi connectivity index (χ0) is 30.8. The summed E-state index contributed by atoms with van der Waals surface area (Å²) < 4.78 is 82.9. The molecule has 13 heteroatoms. The van der Waals surface area contributed by atoms with Crippen LogP contribution in [0.4, 0.5) is 26.3 Å². The first-order valence-electron chi connectivity index (χ1n) is 12.7. The van der Waals surface area contributed by atoms with Gasteiger partial charge in [0.1, 0.15) is 23.5 Å².